The van der Waals surface area contributed by atoms with Crippen molar-refractivity contribution in [3.63, 3.8) is 0 Å². The number of aliphatic hydroxyl groups excluding tert-OH is 1. The van der Waals surface area contributed by atoms with Crippen LogP contribution in [0, 0.1) is 5.92 Å². The molecule has 1 aromatic carbocycles. The molecule has 0 aliphatic carbocycles. The van der Waals surface area contributed by atoms with Crippen LogP contribution in [0.2, 0.25) is 0 Å². The Hall–Kier alpha value is -1.20. The summed E-state index contributed by atoms with van der Waals surface area (Å²) < 4.78 is 5.63. The van der Waals surface area contributed by atoms with E-state index in [-0.39, 0.29) is 23.8 Å². The van der Waals surface area contributed by atoms with E-state index >= 15 is 0 Å². The maximum Gasteiger partial charge on any atom is 0.251 e. The van der Waals surface area contributed by atoms with Crippen molar-refractivity contribution in [2.24, 2.45) is 5.92 Å². The molecule has 0 aromatic heterocycles. The van der Waals surface area contributed by atoms with Gasteiger partial charge in [0.05, 0.1) is 13.2 Å². The molecule has 0 heterocycles. The highest BCUT2D eigenvalue weighted by atomic mass is 32.2. The van der Waals surface area contributed by atoms with Crippen LogP contribution in [0.1, 0.15) is 31.1 Å². The van der Waals surface area contributed by atoms with Crippen molar-refractivity contribution < 1.29 is 14.6 Å². The second-order valence-corrected chi connectivity index (χ2v) is 6.53. The summed E-state index contributed by atoms with van der Waals surface area (Å²) in [6.45, 7) is 6.72. The van der Waals surface area contributed by atoms with E-state index < -0.39 is 0 Å². The Bertz CT molecular complexity index is 447. The molecule has 0 fully saturated rings. The van der Waals surface area contributed by atoms with Gasteiger partial charge in [0.25, 0.3) is 5.91 Å². The third-order valence-corrected chi connectivity index (χ3v) is 4.24. The van der Waals surface area contributed by atoms with Gasteiger partial charge in [0.1, 0.15) is 5.75 Å². The lowest BCUT2D eigenvalue weighted by molar-refractivity contribution is 0.0935. The molecule has 1 aromatic rings. The number of hydrogen-bond acceptors (Lipinski definition) is 4. The molecular formula is C16H25NO3S. The number of carbonyl (C=O) groups excluding carboxylic acids is 1. The van der Waals surface area contributed by atoms with Crippen LogP contribution in [-0.4, -0.2) is 41.8 Å². The third kappa shape index (κ3) is 5.98. The first-order valence-electron chi connectivity index (χ1n) is 7.15. The van der Waals surface area contributed by atoms with Crippen LogP contribution < -0.4 is 10.1 Å². The number of hydrogen-bond donors (Lipinski definition) is 2. The standard InChI is InChI=1S/C16H25NO3S/c1-11(2)10-20-14-7-5-6-13(8-14)16(19)17-12(3)15(9-18)21-4/h5-8,11-12,15,18H,9-10H2,1-4H3,(H,17,19). The molecule has 0 radical (unpaired) electrons. The van der Waals surface area contributed by atoms with Crippen molar-refractivity contribution in [1.82, 2.24) is 5.32 Å². The molecule has 1 rings (SSSR count). The van der Waals surface area contributed by atoms with Gasteiger partial charge in [-0.2, -0.15) is 11.8 Å². The SMILES string of the molecule is CSC(CO)C(C)NC(=O)c1cccc(OCC(C)C)c1. The summed E-state index contributed by atoms with van der Waals surface area (Å²) in [4.78, 5) is 12.2. The normalized spacial score (nSPS) is 13.8. The highest BCUT2D eigenvalue weighted by Gasteiger charge is 2.18. The van der Waals surface area contributed by atoms with E-state index in [0.717, 1.165) is 0 Å². The molecule has 5 heteroatoms. The molecule has 1 amide bonds. The van der Waals surface area contributed by atoms with Gasteiger partial charge in [-0.1, -0.05) is 19.9 Å². The van der Waals surface area contributed by atoms with Crippen LogP contribution in [0.25, 0.3) is 0 Å². The predicted octanol–water partition coefficient (Wildman–Crippen LogP) is 2.56. The molecule has 0 spiro atoms. The van der Waals surface area contributed by atoms with Crippen LogP contribution in [-0.2, 0) is 0 Å². The number of rotatable bonds is 8. The molecule has 0 aliphatic heterocycles. The lowest BCUT2D eigenvalue weighted by Crippen LogP contribution is -2.41. The molecule has 21 heavy (non-hydrogen) atoms. The first-order chi connectivity index (χ1) is 9.97. The molecule has 0 aliphatic rings. The minimum atomic E-state index is -0.148. The number of ether oxygens (including phenoxy) is 1. The average molecular weight is 311 g/mol. The fraction of sp³-hybridized carbons (Fsp3) is 0.562. The summed E-state index contributed by atoms with van der Waals surface area (Å²) in [5, 5.41) is 12.2. The summed E-state index contributed by atoms with van der Waals surface area (Å²) in [5.74, 6) is 0.993. The lowest BCUT2D eigenvalue weighted by Gasteiger charge is -2.21. The number of thioether (sulfide) groups is 1. The van der Waals surface area contributed by atoms with Crippen LogP contribution in [0.5, 0.6) is 5.75 Å². The quantitative estimate of drug-likeness (QED) is 0.775. The fourth-order valence-electron chi connectivity index (χ4n) is 1.81. The van der Waals surface area contributed by atoms with Gasteiger partial charge in [-0.05, 0) is 37.3 Å². The second-order valence-electron chi connectivity index (χ2n) is 5.45. The van der Waals surface area contributed by atoms with E-state index in [1.54, 1.807) is 23.9 Å². The third-order valence-electron chi connectivity index (χ3n) is 3.08. The molecular weight excluding hydrogens is 286 g/mol. The lowest BCUT2D eigenvalue weighted by atomic mass is 10.1. The minimum absolute atomic E-state index is 0.00526. The average Bonchev–Trinajstić information content (AvgIpc) is 2.46. The van der Waals surface area contributed by atoms with Crippen LogP contribution in [0.4, 0.5) is 0 Å². The second kappa shape index (κ2) is 8.95. The van der Waals surface area contributed by atoms with Crippen LogP contribution in [0.15, 0.2) is 24.3 Å². The van der Waals surface area contributed by atoms with E-state index in [2.05, 4.69) is 19.2 Å². The Labute approximate surface area is 131 Å². The van der Waals surface area contributed by atoms with E-state index in [0.29, 0.717) is 23.8 Å². The van der Waals surface area contributed by atoms with E-state index in [1.165, 1.54) is 0 Å². The van der Waals surface area contributed by atoms with Gasteiger partial charge in [-0.15, -0.1) is 0 Å². The van der Waals surface area contributed by atoms with E-state index in [1.807, 2.05) is 25.3 Å². The van der Waals surface area contributed by atoms with Crippen molar-refractivity contribution in [2.45, 2.75) is 32.1 Å². The zero-order valence-corrected chi connectivity index (χ0v) is 13.9. The highest BCUT2D eigenvalue weighted by Crippen LogP contribution is 2.16. The van der Waals surface area contributed by atoms with Gasteiger partial charge >= 0.3 is 0 Å². The Morgan fingerprint density at radius 1 is 1.38 bits per heavy atom. The van der Waals surface area contributed by atoms with Gasteiger partial charge in [0, 0.05) is 16.9 Å². The Morgan fingerprint density at radius 2 is 2.10 bits per heavy atom. The molecule has 2 unspecified atom stereocenters. The summed E-state index contributed by atoms with van der Waals surface area (Å²) >= 11 is 1.54. The van der Waals surface area contributed by atoms with Crippen LogP contribution in [0.3, 0.4) is 0 Å². The monoisotopic (exact) mass is 311 g/mol. The Balaban J connectivity index is 2.67. The number of carbonyl (C=O) groups is 1. The number of nitrogens with one attached hydrogen (secondary N) is 1. The summed E-state index contributed by atoms with van der Waals surface area (Å²) in [6, 6.07) is 7.07. The highest BCUT2D eigenvalue weighted by molar-refractivity contribution is 7.99. The summed E-state index contributed by atoms with van der Waals surface area (Å²) in [5.41, 5.74) is 0.570. The topological polar surface area (TPSA) is 58.6 Å². The van der Waals surface area contributed by atoms with Gasteiger partial charge in [-0.3, -0.25) is 4.79 Å². The molecule has 2 N–H and O–H groups in total. The van der Waals surface area contributed by atoms with Gasteiger partial charge in [-0.25, -0.2) is 0 Å². The maximum atomic E-state index is 12.2. The molecule has 2 atom stereocenters. The van der Waals surface area contributed by atoms with Gasteiger partial charge in [0.2, 0.25) is 0 Å². The summed E-state index contributed by atoms with van der Waals surface area (Å²) in [7, 11) is 0. The zero-order valence-electron chi connectivity index (χ0n) is 13.1. The number of benzene rings is 1. The predicted molar refractivity (Wildman–Crippen MR) is 88.1 cm³/mol. The zero-order chi connectivity index (χ0) is 15.8. The molecule has 0 saturated heterocycles. The number of amides is 1. The fourth-order valence-corrected chi connectivity index (χ4v) is 2.44. The molecule has 0 saturated carbocycles. The van der Waals surface area contributed by atoms with Crippen molar-refractivity contribution in [2.75, 3.05) is 19.5 Å². The first kappa shape index (κ1) is 17.9. The van der Waals surface area contributed by atoms with Crippen molar-refractivity contribution >= 4 is 17.7 Å². The molecule has 0 bridgehead atoms. The Kier molecular flexibility index (Phi) is 7.61. The largest absolute Gasteiger partial charge is 0.493 e. The number of aliphatic hydroxyl groups is 1. The van der Waals surface area contributed by atoms with E-state index in [9.17, 15) is 9.90 Å². The van der Waals surface area contributed by atoms with Crippen molar-refractivity contribution in [3.05, 3.63) is 29.8 Å². The van der Waals surface area contributed by atoms with Crippen molar-refractivity contribution in [3.8, 4) is 5.75 Å². The first-order valence-corrected chi connectivity index (χ1v) is 8.44. The smallest absolute Gasteiger partial charge is 0.251 e. The molecule has 4 nitrogen and oxygen atoms in total. The van der Waals surface area contributed by atoms with E-state index in [4.69, 9.17) is 4.74 Å². The Morgan fingerprint density at radius 3 is 2.67 bits per heavy atom. The maximum absolute atomic E-state index is 12.2. The summed E-state index contributed by atoms with van der Waals surface area (Å²) in [6.07, 6.45) is 1.92. The molecule has 118 valence electrons. The van der Waals surface area contributed by atoms with Crippen LogP contribution >= 0.6 is 11.8 Å². The van der Waals surface area contributed by atoms with Gasteiger partial charge in [0.15, 0.2) is 0 Å². The van der Waals surface area contributed by atoms with Gasteiger partial charge < -0.3 is 15.2 Å². The van der Waals surface area contributed by atoms with Crippen molar-refractivity contribution in [1.29, 1.82) is 0 Å². The minimum Gasteiger partial charge on any atom is -0.493 e.